The van der Waals surface area contributed by atoms with Gasteiger partial charge in [0.15, 0.2) is 0 Å². The fraction of sp³-hybridized carbons (Fsp3) is 0.846. The van der Waals surface area contributed by atoms with Gasteiger partial charge in [-0.25, -0.2) is 0 Å². The second kappa shape index (κ2) is 4.53. The summed E-state index contributed by atoms with van der Waals surface area (Å²) in [4.78, 5) is 25.3. The number of rotatable bonds is 2. The first-order chi connectivity index (χ1) is 8.35. The van der Waals surface area contributed by atoms with Crippen LogP contribution < -0.4 is 0 Å². The van der Waals surface area contributed by atoms with Crippen molar-refractivity contribution in [2.45, 2.75) is 33.3 Å². The summed E-state index contributed by atoms with van der Waals surface area (Å²) in [5.74, 6) is -1.80. The van der Waals surface area contributed by atoms with E-state index in [2.05, 4.69) is 0 Å². The molecule has 2 fully saturated rings. The fourth-order valence-corrected chi connectivity index (χ4v) is 2.95. The van der Waals surface area contributed by atoms with Gasteiger partial charge in [-0.15, -0.1) is 0 Å². The standard InChI is InChI=1S/C13H21NO4/c1-8-7-14(5-4-6-18-8)11(15)9-10(12(16)17)13(9,2)3/h8-10H,4-7H2,1-3H3,(H,16,17)/t8?,9-,10+/m1/s1. The number of aliphatic carboxylic acids is 1. The van der Waals surface area contributed by atoms with Gasteiger partial charge >= 0.3 is 5.97 Å². The third-order valence-corrected chi connectivity index (χ3v) is 4.12. The first-order valence-electron chi connectivity index (χ1n) is 6.49. The number of nitrogens with zero attached hydrogens (tertiary/aromatic N) is 1. The molecule has 1 aliphatic heterocycles. The topological polar surface area (TPSA) is 66.8 Å². The van der Waals surface area contributed by atoms with Gasteiger partial charge in [0.25, 0.3) is 0 Å². The van der Waals surface area contributed by atoms with Gasteiger partial charge in [0.2, 0.25) is 5.91 Å². The molecule has 18 heavy (non-hydrogen) atoms. The number of hydrogen-bond acceptors (Lipinski definition) is 3. The zero-order valence-electron chi connectivity index (χ0n) is 11.2. The molecular weight excluding hydrogens is 234 g/mol. The predicted octanol–water partition coefficient (Wildman–Crippen LogP) is 0.981. The molecular formula is C13H21NO4. The molecule has 1 heterocycles. The number of carbonyl (C=O) groups excluding carboxylic acids is 1. The summed E-state index contributed by atoms with van der Waals surface area (Å²) < 4.78 is 5.50. The molecule has 0 bridgehead atoms. The zero-order chi connectivity index (χ0) is 13.5. The Labute approximate surface area is 107 Å². The Bertz CT molecular complexity index is 366. The van der Waals surface area contributed by atoms with E-state index in [0.717, 1.165) is 6.42 Å². The van der Waals surface area contributed by atoms with Crippen molar-refractivity contribution in [2.75, 3.05) is 19.7 Å². The van der Waals surface area contributed by atoms with E-state index >= 15 is 0 Å². The summed E-state index contributed by atoms with van der Waals surface area (Å²) in [6.07, 6.45) is 0.850. The highest BCUT2D eigenvalue weighted by Gasteiger charge is 2.66. The largest absolute Gasteiger partial charge is 0.481 e. The third-order valence-electron chi connectivity index (χ3n) is 4.12. The van der Waals surface area contributed by atoms with E-state index < -0.39 is 17.3 Å². The van der Waals surface area contributed by atoms with Gasteiger partial charge in [0.05, 0.1) is 17.9 Å². The molecule has 3 atom stereocenters. The SMILES string of the molecule is CC1CN(C(=O)[C@H]2[C@@H](C(=O)O)C2(C)C)CCCO1. The quantitative estimate of drug-likeness (QED) is 0.798. The van der Waals surface area contributed by atoms with Crippen LogP contribution in [0.5, 0.6) is 0 Å². The summed E-state index contributed by atoms with van der Waals surface area (Å²) in [5.41, 5.74) is -0.417. The van der Waals surface area contributed by atoms with Crippen LogP contribution >= 0.6 is 0 Å². The van der Waals surface area contributed by atoms with E-state index in [4.69, 9.17) is 9.84 Å². The van der Waals surface area contributed by atoms with Crippen LogP contribution in [0, 0.1) is 17.3 Å². The number of hydrogen-bond donors (Lipinski definition) is 1. The van der Waals surface area contributed by atoms with Crippen molar-refractivity contribution >= 4 is 11.9 Å². The number of carboxylic acids is 1. The lowest BCUT2D eigenvalue weighted by Crippen LogP contribution is -2.38. The van der Waals surface area contributed by atoms with Crippen LogP contribution in [0.3, 0.4) is 0 Å². The van der Waals surface area contributed by atoms with Crippen molar-refractivity contribution in [3.05, 3.63) is 0 Å². The Morgan fingerprint density at radius 3 is 2.56 bits per heavy atom. The average Bonchev–Trinajstić information content (AvgIpc) is 2.90. The van der Waals surface area contributed by atoms with Crippen molar-refractivity contribution in [1.29, 1.82) is 0 Å². The van der Waals surface area contributed by atoms with Crippen LogP contribution in [0.25, 0.3) is 0 Å². The molecule has 1 saturated heterocycles. The number of carboxylic acid groups (broad SMARTS) is 1. The lowest BCUT2D eigenvalue weighted by Gasteiger charge is -2.22. The number of carbonyl (C=O) groups is 2. The Kier molecular flexibility index (Phi) is 3.36. The number of ether oxygens (including phenoxy) is 1. The number of amides is 1. The molecule has 2 aliphatic rings. The van der Waals surface area contributed by atoms with E-state index in [9.17, 15) is 9.59 Å². The van der Waals surface area contributed by atoms with Crippen molar-refractivity contribution in [3.63, 3.8) is 0 Å². The maximum absolute atomic E-state index is 12.4. The van der Waals surface area contributed by atoms with Crippen molar-refractivity contribution in [2.24, 2.45) is 17.3 Å². The highest BCUT2D eigenvalue weighted by molar-refractivity contribution is 5.91. The molecule has 0 aromatic heterocycles. The molecule has 0 spiro atoms. The van der Waals surface area contributed by atoms with E-state index in [1.165, 1.54) is 0 Å². The lowest BCUT2D eigenvalue weighted by molar-refractivity contribution is -0.142. The maximum atomic E-state index is 12.4. The van der Waals surface area contributed by atoms with Crippen LogP contribution in [0.15, 0.2) is 0 Å². The van der Waals surface area contributed by atoms with Crippen LogP contribution in [0.1, 0.15) is 27.2 Å². The van der Waals surface area contributed by atoms with Crippen LogP contribution in [-0.2, 0) is 14.3 Å². The fourth-order valence-electron chi connectivity index (χ4n) is 2.95. The minimum atomic E-state index is -0.863. The first kappa shape index (κ1) is 13.3. The first-order valence-corrected chi connectivity index (χ1v) is 6.49. The highest BCUT2D eigenvalue weighted by atomic mass is 16.5. The molecule has 5 heteroatoms. The monoisotopic (exact) mass is 255 g/mol. The van der Waals surface area contributed by atoms with Gasteiger partial charge in [-0.05, 0) is 18.8 Å². The van der Waals surface area contributed by atoms with E-state index in [-0.39, 0.29) is 17.9 Å². The highest BCUT2D eigenvalue weighted by Crippen LogP contribution is 2.59. The van der Waals surface area contributed by atoms with Gasteiger partial charge < -0.3 is 14.7 Å². The van der Waals surface area contributed by atoms with E-state index in [0.29, 0.717) is 19.7 Å². The van der Waals surface area contributed by atoms with Gasteiger partial charge in [-0.3, -0.25) is 9.59 Å². The second-order valence-electron chi connectivity index (χ2n) is 5.93. The molecule has 102 valence electrons. The summed E-state index contributed by atoms with van der Waals surface area (Å²) in [6, 6.07) is 0. The van der Waals surface area contributed by atoms with Gasteiger partial charge in [-0.2, -0.15) is 0 Å². The Balaban J connectivity index is 2.06. The molecule has 0 radical (unpaired) electrons. The minimum absolute atomic E-state index is 0.0234. The van der Waals surface area contributed by atoms with Gasteiger partial charge in [-0.1, -0.05) is 13.8 Å². The molecule has 0 aromatic rings. The van der Waals surface area contributed by atoms with Crippen LogP contribution in [0.2, 0.25) is 0 Å². The molecule has 1 saturated carbocycles. The average molecular weight is 255 g/mol. The van der Waals surface area contributed by atoms with E-state index in [1.807, 2.05) is 20.8 Å². The summed E-state index contributed by atoms with van der Waals surface area (Å²) in [7, 11) is 0. The van der Waals surface area contributed by atoms with Crippen molar-refractivity contribution < 1.29 is 19.4 Å². The van der Waals surface area contributed by atoms with Crippen molar-refractivity contribution in [1.82, 2.24) is 4.90 Å². The summed E-state index contributed by atoms with van der Waals surface area (Å²) in [6.45, 7) is 7.55. The molecule has 1 aliphatic carbocycles. The molecule has 1 amide bonds. The lowest BCUT2D eigenvalue weighted by atomic mass is 10.1. The van der Waals surface area contributed by atoms with Crippen LogP contribution in [-0.4, -0.2) is 47.7 Å². The van der Waals surface area contributed by atoms with Gasteiger partial charge in [0, 0.05) is 19.7 Å². The molecule has 2 rings (SSSR count). The Morgan fingerprint density at radius 2 is 2.00 bits per heavy atom. The Hall–Kier alpha value is -1.10. The summed E-state index contributed by atoms with van der Waals surface area (Å²) >= 11 is 0. The Morgan fingerprint density at radius 1 is 1.33 bits per heavy atom. The maximum Gasteiger partial charge on any atom is 0.307 e. The molecule has 1 unspecified atom stereocenters. The normalized spacial score (nSPS) is 34.8. The van der Waals surface area contributed by atoms with Gasteiger partial charge in [0.1, 0.15) is 0 Å². The smallest absolute Gasteiger partial charge is 0.307 e. The molecule has 5 nitrogen and oxygen atoms in total. The van der Waals surface area contributed by atoms with Crippen molar-refractivity contribution in [3.8, 4) is 0 Å². The summed E-state index contributed by atoms with van der Waals surface area (Å²) in [5, 5.41) is 9.12. The molecule has 0 aromatic carbocycles. The minimum Gasteiger partial charge on any atom is -0.481 e. The van der Waals surface area contributed by atoms with Crippen LogP contribution in [0.4, 0.5) is 0 Å². The second-order valence-corrected chi connectivity index (χ2v) is 5.93. The van der Waals surface area contributed by atoms with E-state index in [1.54, 1.807) is 4.90 Å². The zero-order valence-corrected chi connectivity index (χ0v) is 11.2. The third kappa shape index (κ3) is 2.23. The molecule has 1 N–H and O–H groups in total. The predicted molar refractivity (Wildman–Crippen MR) is 65.0 cm³/mol.